The van der Waals surface area contributed by atoms with Crippen LogP contribution >= 0.6 is 23.4 Å². The summed E-state index contributed by atoms with van der Waals surface area (Å²) in [5, 5.41) is 0.999. The molecule has 0 radical (unpaired) electrons. The van der Waals surface area contributed by atoms with Crippen molar-refractivity contribution in [1.29, 1.82) is 0 Å². The molecule has 0 amide bonds. The Bertz CT molecular complexity index is 392. The standard InChI is InChI=1S/C12H16ClFN2S/c1-8-6-16(7-9(2)17-8)12-11(14)10(5-13)3-4-15-12/h3-4,8-9H,5-7H2,1-2H3. The Labute approximate surface area is 111 Å². The van der Waals surface area contributed by atoms with Crippen LogP contribution in [0.15, 0.2) is 12.3 Å². The van der Waals surface area contributed by atoms with Gasteiger partial charge in [-0.1, -0.05) is 13.8 Å². The number of thioether (sulfide) groups is 1. The monoisotopic (exact) mass is 274 g/mol. The zero-order valence-electron chi connectivity index (χ0n) is 9.99. The molecule has 5 heteroatoms. The van der Waals surface area contributed by atoms with E-state index in [1.807, 2.05) is 16.7 Å². The molecule has 0 N–H and O–H groups in total. The van der Waals surface area contributed by atoms with Crippen LogP contribution in [0.1, 0.15) is 19.4 Å². The van der Waals surface area contributed by atoms with Crippen molar-refractivity contribution in [1.82, 2.24) is 4.98 Å². The average molecular weight is 275 g/mol. The van der Waals surface area contributed by atoms with Crippen molar-refractivity contribution >= 4 is 29.2 Å². The van der Waals surface area contributed by atoms with E-state index in [-0.39, 0.29) is 11.7 Å². The predicted molar refractivity (Wildman–Crippen MR) is 72.5 cm³/mol. The topological polar surface area (TPSA) is 16.1 Å². The lowest BCUT2D eigenvalue weighted by Crippen LogP contribution is -2.41. The third-order valence-corrected chi connectivity index (χ3v) is 4.33. The normalized spacial score (nSPS) is 25.1. The summed E-state index contributed by atoms with van der Waals surface area (Å²) in [6, 6.07) is 1.64. The number of pyridine rings is 1. The number of hydrogen-bond donors (Lipinski definition) is 0. The Balaban J connectivity index is 2.27. The Morgan fingerprint density at radius 1 is 1.47 bits per heavy atom. The number of rotatable bonds is 2. The van der Waals surface area contributed by atoms with Crippen molar-refractivity contribution in [2.24, 2.45) is 0 Å². The third-order valence-electron chi connectivity index (χ3n) is 2.81. The predicted octanol–water partition coefficient (Wildman–Crippen LogP) is 3.29. The maximum Gasteiger partial charge on any atom is 0.170 e. The van der Waals surface area contributed by atoms with E-state index in [0.717, 1.165) is 13.1 Å². The summed E-state index contributed by atoms with van der Waals surface area (Å²) in [5.41, 5.74) is 0.523. The Morgan fingerprint density at radius 3 is 2.71 bits per heavy atom. The van der Waals surface area contributed by atoms with Crippen LogP contribution in [-0.2, 0) is 5.88 Å². The third kappa shape index (κ3) is 2.86. The quantitative estimate of drug-likeness (QED) is 0.770. The molecule has 17 heavy (non-hydrogen) atoms. The van der Waals surface area contributed by atoms with Gasteiger partial charge in [0, 0.05) is 35.3 Å². The maximum absolute atomic E-state index is 14.1. The molecule has 2 nitrogen and oxygen atoms in total. The van der Waals surface area contributed by atoms with E-state index in [2.05, 4.69) is 18.8 Å². The van der Waals surface area contributed by atoms with Gasteiger partial charge in [0.25, 0.3) is 0 Å². The fourth-order valence-electron chi connectivity index (χ4n) is 2.15. The molecule has 0 aromatic carbocycles. The Kier molecular flexibility index (Phi) is 4.15. The summed E-state index contributed by atoms with van der Waals surface area (Å²) in [4.78, 5) is 6.19. The highest BCUT2D eigenvalue weighted by Gasteiger charge is 2.25. The number of anilines is 1. The molecule has 0 aliphatic carbocycles. The molecule has 1 aliphatic heterocycles. The van der Waals surface area contributed by atoms with Crippen molar-refractivity contribution in [3.8, 4) is 0 Å². The van der Waals surface area contributed by atoms with Gasteiger partial charge in [0.1, 0.15) is 0 Å². The van der Waals surface area contributed by atoms with Gasteiger partial charge in [-0.15, -0.1) is 11.6 Å². The highest BCUT2D eigenvalue weighted by molar-refractivity contribution is 8.00. The minimum Gasteiger partial charge on any atom is -0.352 e. The number of nitrogens with zero attached hydrogens (tertiary/aromatic N) is 2. The first kappa shape index (κ1) is 13.0. The van der Waals surface area contributed by atoms with Gasteiger partial charge < -0.3 is 4.90 Å². The van der Waals surface area contributed by atoms with E-state index in [1.54, 1.807) is 12.3 Å². The molecule has 2 atom stereocenters. The zero-order valence-corrected chi connectivity index (χ0v) is 11.6. The van der Waals surface area contributed by atoms with Crippen LogP contribution < -0.4 is 4.90 Å². The summed E-state index contributed by atoms with van der Waals surface area (Å²) in [7, 11) is 0. The second kappa shape index (κ2) is 5.44. The lowest BCUT2D eigenvalue weighted by Gasteiger charge is -2.35. The molecule has 1 aromatic rings. The van der Waals surface area contributed by atoms with Crippen LogP contribution in [0.5, 0.6) is 0 Å². The van der Waals surface area contributed by atoms with Crippen molar-refractivity contribution in [3.05, 3.63) is 23.6 Å². The lowest BCUT2D eigenvalue weighted by atomic mass is 10.2. The first-order chi connectivity index (χ1) is 8.11. The molecule has 1 fully saturated rings. The molecule has 1 aromatic heterocycles. The van der Waals surface area contributed by atoms with Crippen LogP contribution in [-0.4, -0.2) is 28.6 Å². The molecular weight excluding hydrogens is 259 g/mol. The minimum atomic E-state index is -0.270. The van der Waals surface area contributed by atoms with Crippen LogP contribution in [0, 0.1) is 5.82 Å². The largest absolute Gasteiger partial charge is 0.352 e. The van der Waals surface area contributed by atoms with E-state index in [9.17, 15) is 4.39 Å². The van der Waals surface area contributed by atoms with E-state index in [1.165, 1.54) is 0 Å². The highest BCUT2D eigenvalue weighted by Crippen LogP contribution is 2.29. The fourth-order valence-corrected chi connectivity index (χ4v) is 3.68. The van der Waals surface area contributed by atoms with E-state index < -0.39 is 0 Å². The van der Waals surface area contributed by atoms with E-state index in [0.29, 0.717) is 21.9 Å². The van der Waals surface area contributed by atoms with Gasteiger partial charge in [0.05, 0.1) is 5.88 Å². The number of alkyl halides is 1. The zero-order chi connectivity index (χ0) is 12.4. The highest BCUT2D eigenvalue weighted by atomic mass is 35.5. The lowest BCUT2D eigenvalue weighted by molar-refractivity contribution is 0.593. The second-order valence-electron chi connectivity index (χ2n) is 4.40. The van der Waals surface area contributed by atoms with Gasteiger partial charge in [-0.2, -0.15) is 11.8 Å². The van der Waals surface area contributed by atoms with Crippen molar-refractivity contribution in [3.63, 3.8) is 0 Å². The molecule has 1 saturated heterocycles. The van der Waals surface area contributed by atoms with Gasteiger partial charge in [-0.3, -0.25) is 0 Å². The number of hydrogen-bond acceptors (Lipinski definition) is 3. The molecule has 2 unspecified atom stereocenters. The minimum absolute atomic E-state index is 0.190. The molecule has 0 saturated carbocycles. The molecule has 0 bridgehead atoms. The smallest absolute Gasteiger partial charge is 0.170 e. The maximum atomic E-state index is 14.1. The van der Waals surface area contributed by atoms with Crippen molar-refractivity contribution in [2.45, 2.75) is 30.2 Å². The molecule has 1 aliphatic rings. The van der Waals surface area contributed by atoms with Gasteiger partial charge in [0.2, 0.25) is 0 Å². The molecule has 2 rings (SSSR count). The van der Waals surface area contributed by atoms with Crippen molar-refractivity contribution < 1.29 is 4.39 Å². The first-order valence-electron chi connectivity index (χ1n) is 5.71. The van der Waals surface area contributed by atoms with Crippen molar-refractivity contribution in [2.75, 3.05) is 18.0 Å². The van der Waals surface area contributed by atoms with Gasteiger partial charge in [-0.05, 0) is 6.07 Å². The van der Waals surface area contributed by atoms with E-state index >= 15 is 0 Å². The Hall–Kier alpha value is -0.480. The van der Waals surface area contributed by atoms with Crippen LogP contribution in [0.3, 0.4) is 0 Å². The molecular formula is C12H16ClFN2S. The summed E-state index contributed by atoms with van der Waals surface area (Å²) in [5.74, 6) is 0.366. The first-order valence-corrected chi connectivity index (χ1v) is 7.19. The summed E-state index contributed by atoms with van der Waals surface area (Å²) < 4.78 is 14.1. The number of halogens is 2. The summed E-state index contributed by atoms with van der Waals surface area (Å²) >= 11 is 7.65. The average Bonchev–Trinajstić information content (AvgIpc) is 2.28. The molecule has 0 spiro atoms. The van der Waals surface area contributed by atoms with Crippen LogP contribution in [0.4, 0.5) is 10.2 Å². The van der Waals surface area contributed by atoms with Gasteiger partial charge in [0.15, 0.2) is 11.6 Å². The van der Waals surface area contributed by atoms with Gasteiger partial charge >= 0.3 is 0 Å². The van der Waals surface area contributed by atoms with Crippen LogP contribution in [0.2, 0.25) is 0 Å². The fraction of sp³-hybridized carbons (Fsp3) is 0.583. The van der Waals surface area contributed by atoms with E-state index in [4.69, 9.17) is 11.6 Å². The second-order valence-corrected chi connectivity index (χ2v) is 6.55. The van der Waals surface area contributed by atoms with Gasteiger partial charge in [-0.25, -0.2) is 9.37 Å². The number of aromatic nitrogens is 1. The molecule has 2 heterocycles. The Morgan fingerprint density at radius 2 is 2.12 bits per heavy atom. The SMILES string of the molecule is CC1CN(c2nccc(CCl)c2F)CC(C)S1. The van der Waals surface area contributed by atoms with Crippen LogP contribution in [0.25, 0.3) is 0 Å². The summed E-state index contributed by atoms with van der Waals surface area (Å²) in [6.07, 6.45) is 1.63. The molecule has 94 valence electrons. The summed E-state index contributed by atoms with van der Waals surface area (Å²) in [6.45, 7) is 6.00.